The Hall–Kier alpha value is -10.9. The highest BCUT2D eigenvalue weighted by molar-refractivity contribution is 6.10. The molecular weight excluding hydrogens is 1570 g/mol. The number of nitrogens with zero attached hydrogens (tertiary/aromatic N) is 11. The maximum atomic E-state index is 15.8. The number of dihydropyridines is 1. The molecule has 642 valence electrons. The number of H-pyrrole nitrogens is 1. The molecule has 0 saturated carbocycles. The SMILES string of the molecule is C=C1C=C(C(F)F)C(C(=O)Nc2cc(-c3cnc(N4CCOCC4)nc3)c(F)cc2N2C[C@@H](C)N(C)[C@@H](C)C2)=CN1.CN1CCN(c2cc(F)c(-c3cccc(CN4CCOCC4)c3)cc2NC(=O)c2c[nH]c(=O)cc2C(F)(F)F)CC1.Cc1cc(C(=O)Nc2cc(-c3cccc(CN4CCOCC4)c3)c(F)cc2N2CCN(C)CC2)cc(C)c1C. The molecule has 31 heteroatoms. The van der Waals surface area contributed by atoms with Gasteiger partial charge in [0.2, 0.25) is 11.5 Å². The minimum Gasteiger partial charge on any atom is -0.379 e. The highest BCUT2D eigenvalue weighted by atomic mass is 19.4. The lowest BCUT2D eigenvalue weighted by Crippen LogP contribution is -2.55. The van der Waals surface area contributed by atoms with E-state index in [-0.39, 0.29) is 51.9 Å². The Labute approximate surface area is 699 Å². The molecule has 15 rings (SSSR count). The predicted molar refractivity (Wildman–Crippen MR) is 456 cm³/mol. The number of aryl methyl sites for hydroxylation is 2. The van der Waals surface area contributed by atoms with Crippen molar-refractivity contribution in [3.8, 4) is 33.4 Å². The van der Waals surface area contributed by atoms with E-state index in [1.54, 1.807) is 24.5 Å². The molecule has 5 N–H and O–H groups in total. The number of likely N-dealkylation sites (N-methyl/N-ethyl adjacent to an activating group) is 3. The van der Waals surface area contributed by atoms with E-state index in [1.165, 1.54) is 36.0 Å². The second kappa shape index (κ2) is 39.3. The van der Waals surface area contributed by atoms with Crippen LogP contribution in [-0.2, 0) is 38.3 Å². The van der Waals surface area contributed by atoms with Crippen LogP contribution < -0.4 is 46.4 Å². The van der Waals surface area contributed by atoms with Gasteiger partial charge >= 0.3 is 6.18 Å². The largest absolute Gasteiger partial charge is 0.417 e. The van der Waals surface area contributed by atoms with Crippen LogP contribution in [0.4, 0.5) is 75.2 Å². The smallest absolute Gasteiger partial charge is 0.379 e. The number of aromatic nitrogens is 3. The molecule has 23 nitrogen and oxygen atoms in total. The number of ether oxygens (including phenoxy) is 3. The second-order valence-electron chi connectivity index (χ2n) is 31.8. The lowest BCUT2D eigenvalue weighted by Gasteiger charge is -2.44. The highest BCUT2D eigenvalue weighted by Gasteiger charge is 2.38. The Balaban J connectivity index is 0.000000157. The number of benzene rings is 6. The van der Waals surface area contributed by atoms with Gasteiger partial charge in [0.1, 0.15) is 17.5 Å². The Bertz CT molecular complexity index is 5150. The molecule has 0 radical (unpaired) electrons. The van der Waals surface area contributed by atoms with Crippen molar-refractivity contribution in [1.29, 1.82) is 0 Å². The summed E-state index contributed by atoms with van der Waals surface area (Å²) in [6.45, 7) is 31.0. The van der Waals surface area contributed by atoms with Gasteiger partial charge in [-0.1, -0.05) is 43.0 Å². The maximum Gasteiger partial charge on any atom is 0.417 e. The molecule has 6 aromatic carbocycles. The molecular formula is C90H104F8N16O7. The van der Waals surface area contributed by atoms with Crippen molar-refractivity contribution >= 4 is 57.8 Å². The molecule has 0 unspecified atom stereocenters. The zero-order valence-corrected chi connectivity index (χ0v) is 69.4. The van der Waals surface area contributed by atoms with Crippen molar-refractivity contribution in [2.24, 2.45) is 0 Å². The van der Waals surface area contributed by atoms with Crippen LogP contribution in [0.15, 0.2) is 162 Å². The van der Waals surface area contributed by atoms with Gasteiger partial charge in [-0.25, -0.2) is 31.9 Å². The molecule has 2 aromatic heterocycles. The number of carbonyl (C=O) groups is 3. The van der Waals surface area contributed by atoms with Crippen molar-refractivity contribution in [3.63, 3.8) is 0 Å². The number of morpholine rings is 3. The number of nitrogens with one attached hydrogen (secondary N) is 5. The van der Waals surface area contributed by atoms with E-state index >= 15 is 13.2 Å². The molecule has 6 fully saturated rings. The fraction of sp³-hybridized carbons (Fsp3) is 0.400. The molecule has 6 saturated heterocycles. The van der Waals surface area contributed by atoms with Gasteiger partial charge in [0.05, 0.1) is 90.5 Å². The number of amides is 3. The standard InChI is InChI=1S/C32H39FN4O2.C29H31F4N5O3.C29H34F3N7O2/c1-22-16-27(17-23(2)24(22)3)32(38)34-30-19-28(29(33)20-31(30)37-10-8-35(4)9-11-37)26-7-5-6-25(18-26)21-36-12-14-39-15-13-36;1-36-5-7-38(8-6-36)26-16-24(30)21(20-4-2-3-19(13-20)18-37-9-11-41-12-10-37)14-25(26)35-28(40)22-17-34-27(39)15-23(22)29(31,32)33;1-17-9-22(27(31)32)23(14-33-17)28(40)36-25-10-21(20-12-34-29(35-13-20)38-5-7-41-8-6-38)24(30)11-26(25)39-15-18(2)37(4)19(3)16-39/h5-7,16-20H,8-15,21H2,1-4H3,(H,34,38);2-4,13-17H,5-12,18H2,1H3,(H,34,39)(H,35,40);9-14,18-19,27,33H,1,5-8,15-16H2,2-4H3,(H,36,40)/t;;18-,19+. The average molecular weight is 1670 g/mol. The minimum atomic E-state index is -4.92. The zero-order chi connectivity index (χ0) is 85.9. The highest BCUT2D eigenvalue weighted by Crippen LogP contribution is 2.41. The van der Waals surface area contributed by atoms with Gasteiger partial charge in [0.15, 0.2) is 0 Å². The number of allylic oxidation sites excluding steroid dienone is 1. The first-order chi connectivity index (χ1) is 58.0. The monoisotopic (exact) mass is 1670 g/mol. The number of piperazine rings is 3. The second-order valence-corrected chi connectivity index (χ2v) is 31.8. The third kappa shape index (κ3) is 21.9. The number of rotatable bonds is 18. The molecule has 0 bridgehead atoms. The summed E-state index contributed by atoms with van der Waals surface area (Å²) < 4.78 is 132. The van der Waals surface area contributed by atoms with Crippen LogP contribution in [0.3, 0.4) is 0 Å². The summed E-state index contributed by atoms with van der Waals surface area (Å²) in [4.78, 5) is 81.9. The third-order valence-electron chi connectivity index (χ3n) is 23.3. The van der Waals surface area contributed by atoms with Crippen molar-refractivity contribution in [2.45, 2.75) is 72.4 Å². The maximum absolute atomic E-state index is 15.8. The number of pyridine rings is 1. The van der Waals surface area contributed by atoms with Crippen LogP contribution in [0.5, 0.6) is 0 Å². The van der Waals surface area contributed by atoms with E-state index in [9.17, 15) is 41.1 Å². The summed E-state index contributed by atoms with van der Waals surface area (Å²) in [6.07, 6.45) is -1.62. The third-order valence-corrected chi connectivity index (χ3v) is 23.3. The fourth-order valence-electron chi connectivity index (χ4n) is 15.8. The number of alkyl halides is 5. The number of hydrogen-bond donors (Lipinski definition) is 5. The van der Waals surface area contributed by atoms with Gasteiger partial charge in [0.25, 0.3) is 24.1 Å². The first kappa shape index (κ1) is 87.9. The van der Waals surface area contributed by atoms with Crippen molar-refractivity contribution in [3.05, 3.63) is 230 Å². The molecule has 7 aliphatic heterocycles. The van der Waals surface area contributed by atoms with Gasteiger partial charge in [-0.3, -0.25) is 33.9 Å². The quantitative estimate of drug-likeness (QED) is 0.0505. The van der Waals surface area contributed by atoms with Crippen molar-refractivity contribution in [1.82, 2.24) is 44.8 Å². The van der Waals surface area contributed by atoms with E-state index in [0.29, 0.717) is 142 Å². The molecule has 2 atom stereocenters. The molecule has 9 heterocycles. The minimum absolute atomic E-state index is 0.163. The fourth-order valence-corrected chi connectivity index (χ4v) is 15.8. The molecule has 0 aliphatic carbocycles. The Kier molecular flexibility index (Phi) is 28.6. The van der Waals surface area contributed by atoms with E-state index < -0.39 is 58.3 Å². The summed E-state index contributed by atoms with van der Waals surface area (Å²) in [7, 11) is 6.09. The van der Waals surface area contributed by atoms with Crippen molar-refractivity contribution in [2.75, 3.05) is 201 Å². The summed E-state index contributed by atoms with van der Waals surface area (Å²) >= 11 is 0. The summed E-state index contributed by atoms with van der Waals surface area (Å²) in [5.41, 5.74) is 7.94. The van der Waals surface area contributed by atoms with E-state index in [4.69, 9.17) is 14.2 Å². The first-order valence-corrected chi connectivity index (χ1v) is 40.7. The number of hydrogen-bond acceptors (Lipinski definition) is 19. The zero-order valence-electron chi connectivity index (χ0n) is 69.4. The molecule has 7 aliphatic rings. The molecule has 121 heavy (non-hydrogen) atoms. The van der Waals surface area contributed by atoms with Gasteiger partial charge in [-0.2, -0.15) is 13.2 Å². The first-order valence-electron chi connectivity index (χ1n) is 40.7. The average Bonchev–Trinajstić information content (AvgIpc) is 0.768. The van der Waals surface area contributed by atoms with Crippen LogP contribution in [0.1, 0.15) is 67.9 Å². The Morgan fingerprint density at radius 1 is 0.545 bits per heavy atom. The van der Waals surface area contributed by atoms with Crippen molar-refractivity contribution < 1.29 is 63.7 Å². The lowest BCUT2D eigenvalue weighted by atomic mass is 9.99. The predicted octanol–water partition coefficient (Wildman–Crippen LogP) is 13.1. The van der Waals surface area contributed by atoms with E-state index in [0.717, 1.165) is 118 Å². The van der Waals surface area contributed by atoms with Crippen LogP contribution >= 0.6 is 0 Å². The number of carbonyl (C=O) groups excluding carboxylic acids is 3. The summed E-state index contributed by atoms with van der Waals surface area (Å²) in [6, 6.07) is 29.1. The van der Waals surface area contributed by atoms with Gasteiger partial charge in [-0.05, 0) is 161 Å². The number of halogens is 8. The Morgan fingerprint density at radius 2 is 0.983 bits per heavy atom. The normalized spacial score (nSPS) is 18.6. The molecule has 3 amide bonds. The number of aromatic amines is 1. The van der Waals surface area contributed by atoms with Crippen LogP contribution in [0, 0.1) is 38.2 Å². The molecule has 0 spiro atoms. The Morgan fingerprint density at radius 3 is 1.45 bits per heavy atom. The van der Waals surface area contributed by atoms with Crippen LogP contribution in [0.2, 0.25) is 0 Å². The van der Waals surface area contributed by atoms with Crippen LogP contribution in [-0.4, -0.2) is 241 Å². The van der Waals surface area contributed by atoms with Gasteiger partial charge < -0.3 is 69.9 Å². The van der Waals surface area contributed by atoms with Gasteiger partial charge in [0, 0.05) is 200 Å². The summed E-state index contributed by atoms with van der Waals surface area (Å²) in [5.74, 6) is -2.79. The van der Waals surface area contributed by atoms with E-state index in [1.807, 2.05) is 91.2 Å². The summed E-state index contributed by atoms with van der Waals surface area (Å²) in [5, 5.41) is 11.2. The lowest BCUT2D eigenvalue weighted by molar-refractivity contribution is -0.138. The van der Waals surface area contributed by atoms with Crippen LogP contribution in [0.25, 0.3) is 33.4 Å². The van der Waals surface area contributed by atoms with E-state index in [2.05, 4.69) is 112 Å². The topological polar surface area (TPSA) is 215 Å². The number of anilines is 7. The van der Waals surface area contributed by atoms with Gasteiger partial charge in [-0.15, -0.1) is 0 Å². The molecule has 8 aromatic rings.